The molecule has 0 saturated heterocycles. The van der Waals surface area contributed by atoms with Gasteiger partial charge in [0.1, 0.15) is 11.2 Å². The van der Waals surface area contributed by atoms with Crippen LogP contribution in [0.2, 0.25) is 0 Å². The fraction of sp³-hybridized carbons (Fsp3) is 0.419. The quantitative estimate of drug-likeness (QED) is 0.170. The number of nitrogens with zero attached hydrogens (tertiary/aromatic N) is 2. The molecule has 1 aliphatic heterocycles. The van der Waals surface area contributed by atoms with Crippen LogP contribution in [0.25, 0.3) is 32.6 Å². The second-order valence-corrected chi connectivity index (χ2v) is 10.1. The van der Waals surface area contributed by atoms with Crippen LogP contribution in [-0.4, -0.2) is 24.8 Å². The molecule has 2 heterocycles. The minimum absolute atomic E-state index is 0.00503. The molecule has 4 aromatic rings. The maximum atomic E-state index is 6.48. The Balaban J connectivity index is 1.78. The zero-order chi connectivity index (χ0) is 24.7. The molecular formula is C31H37N2O2+. The summed E-state index contributed by atoms with van der Waals surface area (Å²) in [6.45, 7) is 12.5. The molecule has 2 atom stereocenters. The Kier molecular flexibility index (Phi) is 6.27. The lowest BCUT2D eigenvalue weighted by Gasteiger charge is -2.38. The molecule has 3 aromatic carbocycles. The average molecular weight is 470 g/mol. The molecule has 182 valence electrons. The Morgan fingerprint density at radius 2 is 1.83 bits per heavy atom. The largest absolute Gasteiger partial charge is 0.502 e. The number of hydrogen-bond donors (Lipinski definition) is 0. The minimum atomic E-state index is -0.00503. The van der Waals surface area contributed by atoms with Gasteiger partial charge in [-0.15, -0.1) is 0 Å². The molecule has 0 bridgehead atoms. The fourth-order valence-electron chi connectivity index (χ4n) is 6.42. The van der Waals surface area contributed by atoms with E-state index in [2.05, 4.69) is 87.0 Å². The Hall–Kier alpha value is -2.98. The van der Waals surface area contributed by atoms with Crippen molar-refractivity contribution in [1.82, 2.24) is 4.98 Å². The minimum Gasteiger partial charge on any atom is -0.502 e. The van der Waals surface area contributed by atoms with Gasteiger partial charge in [0.2, 0.25) is 5.52 Å². The van der Waals surface area contributed by atoms with Gasteiger partial charge in [0, 0.05) is 10.8 Å². The normalized spacial score (nSPS) is 18.3. The third-order valence-corrected chi connectivity index (χ3v) is 8.26. The van der Waals surface area contributed by atoms with Crippen molar-refractivity contribution in [2.75, 3.05) is 13.7 Å². The number of aryl methyl sites for hydroxylation is 1. The summed E-state index contributed by atoms with van der Waals surface area (Å²) in [6, 6.07) is 15.6. The SMILES string of the molecule is CCC1(CC)c2cccc3c4ccccc4c4nc(C)c[n+](c4c23)CC1COC(C)C=C(C)OC. The highest BCUT2D eigenvalue weighted by molar-refractivity contribution is 6.23. The van der Waals surface area contributed by atoms with E-state index in [-0.39, 0.29) is 11.5 Å². The van der Waals surface area contributed by atoms with Crippen molar-refractivity contribution in [3.8, 4) is 0 Å². The lowest BCUT2D eigenvalue weighted by atomic mass is 9.66. The highest BCUT2D eigenvalue weighted by atomic mass is 16.5. The molecule has 2 unspecified atom stereocenters. The van der Waals surface area contributed by atoms with Crippen molar-refractivity contribution < 1.29 is 14.0 Å². The molecule has 0 aliphatic carbocycles. The number of hydrogen-bond acceptors (Lipinski definition) is 3. The summed E-state index contributed by atoms with van der Waals surface area (Å²) in [4.78, 5) is 5.10. The zero-order valence-electron chi connectivity index (χ0n) is 21.9. The summed E-state index contributed by atoms with van der Waals surface area (Å²) in [7, 11) is 1.71. The highest BCUT2D eigenvalue weighted by Gasteiger charge is 2.44. The van der Waals surface area contributed by atoms with Gasteiger partial charge in [-0.3, -0.25) is 0 Å². The van der Waals surface area contributed by atoms with Crippen LogP contribution in [0.4, 0.5) is 0 Å². The van der Waals surface area contributed by atoms with Crippen molar-refractivity contribution in [3.05, 3.63) is 71.8 Å². The Morgan fingerprint density at radius 1 is 1.11 bits per heavy atom. The van der Waals surface area contributed by atoms with E-state index in [1.54, 1.807) is 7.11 Å². The lowest BCUT2D eigenvalue weighted by Crippen LogP contribution is -2.46. The molecule has 1 aliphatic rings. The van der Waals surface area contributed by atoms with Gasteiger partial charge in [-0.05, 0) is 56.0 Å². The van der Waals surface area contributed by atoms with Crippen LogP contribution in [-0.2, 0) is 21.4 Å². The van der Waals surface area contributed by atoms with Crippen LogP contribution >= 0.6 is 0 Å². The molecule has 4 heteroatoms. The van der Waals surface area contributed by atoms with Gasteiger partial charge < -0.3 is 9.47 Å². The number of benzene rings is 3. The molecular weight excluding hydrogens is 432 g/mol. The van der Waals surface area contributed by atoms with Crippen molar-refractivity contribution in [1.29, 1.82) is 0 Å². The molecule has 0 saturated carbocycles. The van der Waals surface area contributed by atoms with Gasteiger partial charge in [-0.25, -0.2) is 4.98 Å². The third kappa shape index (κ3) is 3.79. The third-order valence-electron chi connectivity index (χ3n) is 8.26. The first kappa shape index (κ1) is 23.7. The second-order valence-electron chi connectivity index (χ2n) is 10.1. The smallest absolute Gasteiger partial charge is 0.240 e. The van der Waals surface area contributed by atoms with E-state index >= 15 is 0 Å². The lowest BCUT2D eigenvalue weighted by molar-refractivity contribution is -0.679. The molecule has 0 spiro atoms. The van der Waals surface area contributed by atoms with Gasteiger partial charge in [-0.2, -0.15) is 4.57 Å². The van der Waals surface area contributed by atoms with Crippen molar-refractivity contribution in [2.24, 2.45) is 5.92 Å². The van der Waals surface area contributed by atoms with Gasteiger partial charge in [0.05, 0.1) is 36.9 Å². The van der Waals surface area contributed by atoms with Crippen molar-refractivity contribution in [2.45, 2.75) is 65.5 Å². The number of rotatable bonds is 7. The van der Waals surface area contributed by atoms with Crippen LogP contribution < -0.4 is 4.57 Å². The monoisotopic (exact) mass is 469 g/mol. The van der Waals surface area contributed by atoms with E-state index in [1.165, 1.54) is 32.6 Å². The number of fused-ring (bicyclic) bond motifs is 3. The molecule has 5 rings (SSSR count). The standard InChI is InChI=1S/C31H37N2O2/c1-7-31(8-2)23(19-35-22(5)16-21(4)34-6)18-33-17-20(3)32-29-26-13-10-9-12-24(26)25-14-11-15-27(31)28(25)30(29)33/h9-17,22-23H,7-8,18-19H2,1-6H3/q+1. The number of ether oxygens (including phenoxy) is 2. The van der Waals surface area contributed by atoms with E-state index in [9.17, 15) is 0 Å². The van der Waals surface area contributed by atoms with E-state index in [1.807, 2.05) is 6.92 Å². The van der Waals surface area contributed by atoms with Crippen molar-refractivity contribution in [3.63, 3.8) is 0 Å². The molecule has 4 nitrogen and oxygen atoms in total. The molecule has 0 radical (unpaired) electrons. The van der Waals surface area contributed by atoms with Crippen LogP contribution in [0.1, 0.15) is 51.8 Å². The Labute approximate surface area is 208 Å². The first-order chi connectivity index (χ1) is 16.9. The first-order valence-corrected chi connectivity index (χ1v) is 12.9. The topological polar surface area (TPSA) is 35.2 Å². The molecule has 1 aromatic heterocycles. The molecule has 35 heavy (non-hydrogen) atoms. The van der Waals surface area contributed by atoms with Crippen LogP contribution in [0, 0.1) is 12.8 Å². The fourth-order valence-corrected chi connectivity index (χ4v) is 6.42. The van der Waals surface area contributed by atoms with Gasteiger partial charge in [-0.1, -0.05) is 56.3 Å². The van der Waals surface area contributed by atoms with E-state index in [4.69, 9.17) is 14.5 Å². The van der Waals surface area contributed by atoms with E-state index in [0.717, 1.165) is 36.4 Å². The van der Waals surface area contributed by atoms with Gasteiger partial charge in [0.25, 0.3) is 0 Å². The predicted molar refractivity (Wildman–Crippen MR) is 144 cm³/mol. The van der Waals surface area contributed by atoms with E-state index in [0.29, 0.717) is 12.5 Å². The summed E-state index contributed by atoms with van der Waals surface area (Å²) < 4.78 is 14.3. The zero-order valence-corrected chi connectivity index (χ0v) is 21.9. The summed E-state index contributed by atoms with van der Waals surface area (Å²) in [5.41, 5.74) is 4.87. The van der Waals surface area contributed by atoms with E-state index < -0.39 is 0 Å². The van der Waals surface area contributed by atoms with Crippen LogP contribution in [0.15, 0.2) is 60.5 Å². The Bertz CT molecular complexity index is 1430. The molecule has 0 fully saturated rings. The first-order valence-electron chi connectivity index (χ1n) is 12.9. The molecule has 0 amide bonds. The summed E-state index contributed by atoms with van der Waals surface area (Å²) in [5.74, 6) is 1.22. The molecule has 0 N–H and O–H groups in total. The van der Waals surface area contributed by atoms with Crippen LogP contribution in [0.5, 0.6) is 0 Å². The predicted octanol–water partition coefficient (Wildman–Crippen LogP) is 6.78. The second kappa shape index (κ2) is 9.23. The van der Waals surface area contributed by atoms with Gasteiger partial charge >= 0.3 is 0 Å². The Morgan fingerprint density at radius 3 is 2.54 bits per heavy atom. The summed E-state index contributed by atoms with van der Waals surface area (Å²) >= 11 is 0. The summed E-state index contributed by atoms with van der Waals surface area (Å²) in [5, 5.41) is 5.20. The highest BCUT2D eigenvalue weighted by Crippen LogP contribution is 2.47. The maximum Gasteiger partial charge on any atom is 0.240 e. The number of aromatic nitrogens is 2. The van der Waals surface area contributed by atoms with Gasteiger partial charge in [0.15, 0.2) is 12.7 Å². The van der Waals surface area contributed by atoms with Crippen LogP contribution in [0.3, 0.4) is 0 Å². The number of methoxy groups -OCH3 is 1. The number of allylic oxidation sites excluding steroid dienone is 1. The summed E-state index contributed by atoms with van der Waals surface area (Å²) in [6.07, 6.45) is 6.41. The maximum absolute atomic E-state index is 6.48. The van der Waals surface area contributed by atoms with Crippen molar-refractivity contribution >= 4 is 32.6 Å². The average Bonchev–Trinajstić information content (AvgIpc) is 2.99.